The quantitative estimate of drug-likeness (QED) is 0.838. The van der Waals surface area contributed by atoms with E-state index >= 15 is 0 Å². The topological polar surface area (TPSA) is 59.7 Å². The molecule has 0 unspecified atom stereocenters. The normalized spacial score (nSPS) is 10.5. The molecule has 1 aromatic heterocycles. The van der Waals surface area contributed by atoms with E-state index < -0.39 is 5.97 Å². The Morgan fingerprint density at radius 3 is 3.00 bits per heavy atom. The number of para-hydroxylation sites is 1. The number of furan rings is 1. The van der Waals surface area contributed by atoms with E-state index in [1.807, 2.05) is 6.92 Å². The highest BCUT2D eigenvalue weighted by Gasteiger charge is 2.13. The lowest BCUT2D eigenvalue weighted by atomic mass is 10.2. The van der Waals surface area contributed by atoms with Gasteiger partial charge in [-0.1, -0.05) is 12.1 Å². The molecular weight excluding hydrogens is 196 g/mol. The van der Waals surface area contributed by atoms with Crippen molar-refractivity contribution in [3.63, 3.8) is 0 Å². The summed E-state index contributed by atoms with van der Waals surface area (Å²) in [6.45, 7) is 2.38. The van der Waals surface area contributed by atoms with Gasteiger partial charge in [-0.15, -0.1) is 0 Å². The number of carbonyl (C=O) groups is 1. The van der Waals surface area contributed by atoms with Crippen molar-refractivity contribution in [2.24, 2.45) is 0 Å². The number of hydrogen-bond acceptors (Lipinski definition) is 3. The molecule has 0 aliphatic carbocycles. The van der Waals surface area contributed by atoms with Crippen LogP contribution in [-0.4, -0.2) is 17.7 Å². The molecular formula is C11H10O4. The van der Waals surface area contributed by atoms with E-state index in [1.54, 1.807) is 18.2 Å². The highest BCUT2D eigenvalue weighted by molar-refractivity contribution is 5.93. The van der Waals surface area contributed by atoms with Gasteiger partial charge in [0.1, 0.15) is 0 Å². The molecule has 0 bridgehead atoms. The van der Waals surface area contributed by atoms with Crippen molar-refractivity contribution in [3.8, 4) is 5.75 Å². The Kier molecular flexibility index (Phi) is 2.33. The number of aromatic carboxylic acids is 1. The van der Waals surface area contributed by atoms with Crippen molar-refractivity contribution in [1.82, 2.24) is 0 Å². The maximum absolute atomic E-state index is 10.7. The molecule has 0 atom stereocenters. The highest BCUT2D eigenvalue weighted by atomic mass is 16.5. The van der Waals surface area contributed by atoms with Gasteiger partial charge in [0.25, 0.3) is 0 Å². The zero-order chi connectivity index (χ0) is 10.8. The number of benzene rings is 1. The first-order valence-corrected chi connectivity index (χ1v) is 4.61. The largest absolute Gasteiger partial charge is 0.490 e. The maximum atomic E-state index is 10.7. The molecule has 15 heavy (non-hydrogen) atoms. The summed E-state index contributed by atoms with van der Waals surface area (Å²) < 4.78 is 10.5. The zero-order valence-corrected chi connectivity index (χ0v) is 8.19. The van der Waals surface area contributed by atoms with Gasteiger partial charge in [0.15, 0.2) is 11.3 Å². The first-order chi connectivity index (χ1) is 7.22. The van der Waals surface area contributed by atoms with Crippen LogP contribution in [0.15, 0.2) is 28.7 Å². The van der Waals surface area contributed by atoms with Gasteiger partial charge < -0.3 is 14.3 Å². The lowest BCUT2D eigenvalue weighted by Crippen LogP contribution is -1.92. The van der Waals surface area contributed by atoms with Crippen LogP contribution in [0.1, 0.15) is 17.5 Å². The van der Waals surface area contributed by atoms with Crippen molar-refractivity contribution in [2.75, 3.05) is 6.61 Å². The molecule has 1 heterocycles. The molecule has 4 nitrogen and oxygen atoms in total. The maximum Gasteiger partial charge on any atom is 0.371 e. The lowest BCUT2D eigenvalue weighted by Gasteiger charge is -2.01. The molecule has 1 N–H and O–H groups in total. The second kappa shape index (κ2) is 3.65. The number of hydrogen-bond donors (Lipinski definition) is 1. The first kappa shape index (κ1) is 9.58. The van der Waals surface area contributed by atoms with Gasteiger partial charge >= 0.3 is 5.97 Å². The fourth-order valence-corrected chi connectivity index (χ4v) is 1.41. The SMILES string of the molecule is CCOc1cccc2cc(C(=O)O)oc12. The molecule has 0 amide bonds. The molecule has 0 saturated carbocycles. The number of fused-ring (bicyclic) bond motifs is 1. The molecule has 0 aliphatic rings. The summed E-state index contributed by atoms with van der Waals surface area (Å²) in [4.78, 5) is 10.7. The average Bonchev–Trinajstić information content (AvgIpc) is 2.63. The number of carboxylic acid groups (broad SMARTS) is 1. The zero-order valence-electron chi connectivity index (χ0n) is 8.19. The number of ether oxygens (including phenoxy) is 1. The van der Waals surface area contributed by atoms with Crippen LogP contribution in [0, 0.1) is 0 Å². The van der Waals surface area contributed by atoms with Crippen LogP contribution >= 0.6 is 0 Å². The van der Waals surface area contributed by atoms with Gasteiger partial charge in [0, 0.05) is 5.39 Å². The Bertz CT molecular complexity index is 498. The summed E-state index contributed by atoms with van der Waals surface area (Å²) in [5.74, 6) is -0.576. The predicted molar refractivity (Wildman–Crippen MR) is 54.3 cm³/mol. The van der Waals surface area contributed by atoms with Gasteiger partial charge in [-0.25, -0.2) is 4.79 Å². The highest BCUT2D eigenvalue weighted by Crippen LogP contribution is 2.28. The van der Waals surface area contributed by atoms with Gasteiger partial charge in [0.2, 0.25) is 5.76 Å². The van der Waals surface area contributed by atoms with Gasteiger partial charge in [0.05, 0.1) is 6.61 Å². The first-order valence-electron chi connectivity index (χ1n) is 4.61. The van der Waals surface area contributed by atoms with Gasteiger partial charge in [-0.3, -0.25) is 0 Å². The molecule has 0 spiro atoms. The van der Waals surface area contributed by atoms with Crippen molar-refractivity contribution in [1.29, 1.82) is 0 Å². The van der Waals surface area contributed by atoms with E-state index in [-0.39, 0.29) is 5.76 Å². The summed E-state index contributed by atoms with van der Waals surface area (Å²) in [5.41, 5.74) is 0.483. The summed E-state index contributed by atoms with van der Waals surface area (Å²) in [7, 11) is 0. The predicted octanol–water partition coefficient (Wildman–Crippen LogP) is 2.53. The molecule has 0 aliphatic heterocycles. The standard InChI is InChI=1S/C11H10O4/c1-2-14-8-5-3-4-7-6-9(11(12)13)15-10(7)8/h3-6H,2H2,1H3,(H,12,13). The molecule has 0 saturated heterocycles. The summed E-state index contributed by atoms with van der Waals surface area (Å²) >= 11 is 0. The Morgan fingerprint density at radius 2 is 2.33 bits per heavy atom. The van der Waals surface area contributed by atoms with Crippen molar-refractivity contribution in [3.05, 3.63) is 30.0 Å². The third-order valence-electron chi connectivity index (χ3n) is 2.02. The molecule has 4 heteroatoms. The smallest absolute Gasteiger partial charge is 0.371 e. The minimum absolute atomic E-state index is 0.0721. The Balaban J connectivity index is 2.59. The van der Waals surface area contributed by atoms with E-state index in [4.69, 9.17) is 14.3 Å². The van der Waals surface area contributed by atoms with Crippen LogP contribution in [-0.2, 0) is 0 Å². The Labute approximate surface area is 86.1 Å². The molecule has 0 radical (unpaired) electrons. The third-order valence-corrected chi connectivity index (χ3v) is 2.02. The van der Waals surface area contributed by atoms with E-state index in [2.05, 4.69) is 0 Å². The van der Waals surface area contributed by atoms with E-state index in [0.29, 0.717) is 17.9 Å². The van der Waals surface area contributed by atoms with Crippen LogP contribution in [0.4, 0.5) is 0 Å². The monoisotopic (exact) mass is 206 g/mol. The van der Waals surface area contributed by atoms with Crippen molar-refractivity contribution < 1.29 is 19.1 Å². The molecule has 2 rings (SSSR count). The molecule has 2 aromatic rings. The van der Waals surface area contributed by atoms with Crippen LogP contribution < -0.4 is 4.74 Å². The third kappa shape index (κ3) is 1.66. The van der Waals surface area contributed by atoms with Crippen molar-refractivity contribution in [2.45, 2.75) is 6.92 Å². The Morgan fingerprint density at radius 1 is 1.53 bits per heavy atom. The fourth-order valence-electron chi connectivity index (χ4n) is 1.41. The summed E-state index contributed by atoms with van der Waals surface area (Å²) in [5, 5.41) is 9.51. The average molecular weight is 206 g/mol. The second-order valence-electron chi connectivity index (χ2n) is 3.02. The van der Waals surface area contributed by atoms with Gasteiger partial charge in [-0.05, 0) is 19.1 Å². The minimum Gasteiger partial charge on any atom is -0.490 e. The van der Waals surface area contributed by atoms with E-state index in [0.717, 1.165) is 5.39 Å². The van der Waals surface area contributed by atoms with Crippen LogP contribution in [0.2, 0.25) is 0 Å². The summed E-state index contributed by atoms with van der Waals surface area (Å²) in [6, 6.07) is 6.82. The summed E-state index contributed by atoms with van der Waals surface area (Å²) in [6.07, 6.45) is 0. The van der Waals surface area contributed by atoms with E-state index in [1.165, 1.54) is 6.07 Å². The molecule has 78 valence electrons. The van der Waals surface area contributed by atoms with Crippen LogP contribution in [0.25, 0.3) is 11.0 Å². The molecule has 0 fully saturated rings. The van der Waals surface area contributed by atoms with Crippen LogP contribution in [0.5, 0.6) is 5.75 Å². The Hall–Kier alpha value is -1.97. The minimum atomic E-state index is -1.08. The van der Waals surface area contributed by atoms with E-state index in [9.17, 15) is 4.79 Å². The number of carboxylic acids is 1. The number of rotatable bonds is 3. The lowest BCUT2D eigenvalue weighted by molar-refractivity contribution is 0.0665. The fraction of sp³-hybridized carbons (Fsp3) is 0.182. The molecule has 1 aromatic carbocycles. The van der Waals surface area contributed by atoms with Crippen molar-refractivity contribution >= 4 is 16.9 Å². The van der Waals surface area contributed by atoms with Gasteiger partial charge in [-0.2, -0.15) is 0 Å². The second-order valence-corrected chi connectivity index (χ2v) is 3.02. The van der Waals surface area contributed by atoms with Crippen LogP contribution in [0.3, 0.4) is 0 Å².